The topological polar surface area (TPSA) is 77.7 Å². The van der Waals surface area contributed by atoms with Crippen LogP contribution in [0.3, 0.4) is 0 Å². The van der Waals surface area contributed by atoms with Crippen molar-refractivity contribution in [2.45, 2.75) is 6.54 Å². The van der Waals surface area contributed by atoms with Gasteiger partial charge in [-0.25, -0.2) is 4.57 Å². The van der Waals surface area contributed by atoms with Gasteiger partial charge in [0.15, 0.2) is 6.54 Å². The molecule has 6 nitrogen and oxygen atoms in total. The second kappa shape index (κ2) is 3.87. The molecule has 0 saturated carbocycles. The number of carbonyl (C=O) groups is 1. The van der Waals surface area contributed by atoms with Gasteiger partial charge in [-0.05, 0) is 6.07 Å². The first-order chi connectivity index (χ1) is 7.25. The first-order valence-corrected chi connectivity index (χ1v) is 4.38. The quantitative estimate of drug-likeness (QED) is 0.654. The Bertz CT molecular complexity index is 464. The van der Waals surface area contributed by atoms with E-state index < -0.39 is 0 Å². The molecule has 2 rings (SSSR count). The van der Waals surface area contributed by atoms with Crippen molar-refractivity contribution >= 4 is 5.91 Å². The Morgan fingerprint density at radius 2 is 2.20 bits per heavy atom. The molecule has 0 saturated heterocycles. The predicted octanol–water partition coefficient (Wildman–Crippen LogP) is -0.960. The van der Waals surface area contributed by atoms with Gasteiger partial charge in [0.2, 0.25) is 0 Å². The van der Waals surface area contributed by atoms with Crippen LogP contribution in [0.25, 0.3) is 5.95 Å². The Morgan fingerprint density at radius 1 is 1.47 bits per heavy atom. The van der Waals surface area contributed by atoms with Gasteiger partial charge in [0.1, 0.15) is 12.4 Å². The molecule has 0 aliphatic carbocycles. The molecule has 15 heavy (non-hydrogen) atoms. The lowest BCUT2D eigenvalue weighted by Crippen LogP contribution is -2.38. The third-order valence-corrected chi connectivity index (χ3v) is 1.81. The standard InChI is InChI=1S/C9H9N5O/c10-8(15)6-13-4-5-14(7-13)9-11-2-1-3-12-9/h1-5,7H,6H2,(H-,10,15)/p+1. The molecule has 0 atom stereocenters. The summed E-state index contributed by atoms with van der Waals surface area (Å²) in [5.41, 5.74) is 5.07. The summed E-state index contributed by atoms with van der Waals surface area (Å²) >= 11 is 0. The van der Waals surface area contributed by atoms with Crippen LogP contribution in [-0.2, 0) is 11.3 Å². The smallest absolute Gasteiger partial charge is 0.325 e. The summed E-state index contributed by atoms with van der Waals surface area (Å²) in [5, 5.41) is 0. The lowest BCUT2D eigenvalue weighted by Gasteiger charge is -1.91. The van der Waals surface area contributed by atoms with E-state index in [0.29, 0.717) is 5.95 Å². The van der Waals surface area contributed by atoms with Gasteiger partial charge in [0.05, 0.1) is 0 Å². The number of hydrogen-bond acceptors (Lipinski definition) is 3. The lowest BCUT2D eigenvalue weighted by atomic mass is 10.6. The molecule has 0 bridgehead atoms. The molecule has 76 valence electrons. The highest BCUT2D eigenvalue weighted by atomic mass is 16.1. The maximum Gasteiger partial charge on any atom is 0.325 e. The van der Waals surface area contributed by atoms with Gasteiger partial charge in [-0.1, -0.05) is 0 Å². The molecule has 1 amide bonds. The second-order valence-corrected chi connectivity index (χ2v) is 3.01. The third kappa shape index (κ3) is 2.16. The highest BCUT2D eigenvalue weighted by molar-refractivity contribution is 5.72. The zero-order chi connectivity index (χ0) is 10.7. The zero-order valence-corrected chi connectivity index (χ0v) is 7.95. The highest BCUT2D eigenvalue weighted by Crippen LogP contribution is 1.95. The molecule has 2 aromatic rings. The molecule has 0 unspecified atom stereocenters. The number of nitrogens with zero attached hydrogens (tertiary/aromatic N) is 4. The number of nitrogens with two attached hydrogens (primary N) is 1. The normalized spacial score (nSPS) is 10.1. The van der Waals surface area contributed by atoms with Crippen LogP contribution in [-0.4, -0.2) is 20.4 Å². The molecule has 2 aromatic heterocycles. The number of imidazole rings is 1. The van der Waals surface area contributed by atoms with Crippen molar-refractivity contribution in [1.82, 2.24) is 14.5 Å². The largest absolute Gasteiger partial charge is 0.366 e. The molecular weight excluding hydrogens is 194 g/mol. The first-order valence-electron chi connectivity index (χ1n) is 4.38. The minimum Gasteiger partial charge on any atom is -0.366 e. The molecule has 6 heteroatoms. The molecular formula is C9H10N5O+. The van der Waals surface area contributed by atoms with Gasteiger partial charge in [-0.15, -0.1) is 0 Å². The molecule has 0 fully saturated rings. The van der Waals surface area contributed by atoms with E-state index in [4.69, 9.17) is 5.73 Å². The Labute approximate surface area is 86.0 Å². The van der Waals surface area contributed by atoms with E-state index in [0.717, 1.165) is 0 Å². The van der Waals surface area contributed by atoms with E-state index in [2.05, 4.69) is 9.97 Å². The molecule has 2 heterocycles. The van der Waals surface area contributed by atoms with E-state index in [1.807, 2.05) is 0 Å². The van der Waals surface area contributed by atoms with E-state index in [9.17, 15) is 4.79 Å². The predicted molar refractivity (Wildman–Crippen MR) is 50.7 cm³/mol. The van der Waals surface area contributed by atoms with Crippen LogP contribution < -0.4 is 10.3 Å². The minimum atomic E-state index is -0.383. The molecule has 0 aromatic carbocycles. The van der Waals surface area contributed by atoms with Crippen molar-refractivity contribution in [3.8, 4) is 5.95 Å². The maximum atomic E-state index is 10.7. The molecule has 0 aliphatic rings. The van der Waals surface area contributed by atoms with Crippen LogP contribution in [0.2, 0.25) is 0 Å². The number of primary amides is 1. The minimum absolute atomic E-state index is 0.153. The number of carbonyl (C=O) groups excluding carboxylic acids is 1. The summed E-state index contributed by atoms with van der Waals surface area (Å²) in [7, 11) is 0. The van der Waals surface area contributed by atoms with E-state index in [1.54, 1.807) is 46.3 Å². The Morgan fingerprint density at radius 3 is 2.87 bits per heavy atom. The molecule has 0 radical (unpaired) electrons. The van der Waals surface area contributed by atoms with Gasteiger partial charge >= 0.3 is 5.95 Å². The fourth-order valence-electron chi connectivity index (χ4n) is 1.21. The molecule has 2 N–H and O–H groups in total. The summed E-state index contributed by atoms with van der Waals surface area (Å²) in [6.45, 7) is 0.153. The Hall–Kier alpha value is -2.24. The highest BCUT2D eigenvalue weighted by Gasteiger charge is 2.09. The van der Waals surface area contributed by atoms with E-state index in [1.165, 1.54) is 0 Å². The van der Waals surface area contributed by atoms with Crippen molar-refractivity contribution in [2.24, 2.45) is 5.73 Å². The monoisotopic (exact) mass is 204 g/mol. The Kier molecular flexibility index (Phi) is 2.40. The van der Waals surface area contributed by atoms with Crippen molar-refractivity contribution in [1.29, 1.82) is 0 Å². The van der Waals surface area contributed by atoms with Gasteiger partial charge in [0.25, 0.3) is 12.2 Å². The lowest BCUT2D eigenvalue weighted by molar-refractivity contribution is -0.683. The van der Waals surface area contributed by atoms with Crippen molar-refractivity contribution < 1.29 is 9.36 Å². The Balaban J connectivity index is 2.24. The number of rotatable bonds is 3. The van der Waals surface area contributed by atoms with Crippen LogP contribution in [0.5, 0.6) is 0 Å². The number of hydrogen-bond donors (Lipinski definition) is 1. The molecule has 0 spiro atoms. The van der Waals surface area contributed by atoms with Crippen LogP contribution >= 0.6 is 0 Å². The fraction of sp³-hybridized carbons (Fsp3) is 0.111. The van der Waals surface area contributed by atoms with Crippen molar-refractivity contribution in [3.63, 3.8) is 0 Å². The summed E-state index contributed by atoms with van der Waals surface area (Å²) < 4.78 is 3.38. The summed E-state index contributed by atoms with van der Waals surface area (Å²) in [5.74, 6) is 0.174. The van der Waals surface area contributed by atoms with Gasteiger partial charge < -0.3 is 5.73 Å². The van der Waals surface area contributed by atoms with Crippen LogP contribution in [0.15, 0.2) is 37.2 Å². The van der Waals surface area contributed by atoms with Gasteiger partial charge in [0, 0.05) is 12.4 Å². The average Bonchev–Trinajstić information content (AvgIpc) is 2.67. The summed E-state index contributed by atoms with van der Waals surface area (Å²) in [6.07, 6.45) is 8.51. The summed E-state index contributed by atoms with van der Waals surface area (Å²) in [6, 6.07) is 1.74. The second-order valence-electron chi connectivity index (χ2n) is 3.01. The zero-order valence-electron chi connectivity index (χ0n) is 7.95. The van der Waals surface area contributed by atoms with Crippen molar-refractivity contribution in [2.75, 3.05) is 0 Å². The third-order valence-electron chi connectivity index (χ3n) is 1.81. The number of aromatic nitrogens is 4. The van der Waals surface area contributed by atoms with Gasteiger partial charge in [-0.3, -0.25) is 4.79 Å². The molecule has 0 aliphatic heterocycles. The van der Waals surface area contributed by atoms with Crippen LogP contribution in [0.4, 0.5) is 0 Å². The first kappa shape index (κ1) is 9.32. The van der Waals surface area contributed by atoms with Crippen LogP contribution in [0, 0.1) is 0 Å². The van der Waals surface area contributed by atoms with E-state index >= 15 is 0 Å². The van der Waals surface area contributed by atoms with Crippen LogP contribution in [0.1, 0.15) is 0 Å². The van der Waals surface area contributed by atoms with Gasteiger partial charge in [-0.2, -0.15) is 14.5 Å². The average molecular weight is 204 g/mol. The summed E-state index contributed by atoms with van der Waals surface area (Å²) in [4.78, 5) is 18.8. The van der Waals surface area contributed by atoms with E-state index in [-0.39, 0.29) is 12.5 Å². The fourth-order valence-corrected chi connectivity index (χ4v) is 1.21. The van der Waals surface area contributed by atoms with Crippen molar-refractivity contribution in [3.05, 3.63) is 37.2 Å². The SMILES string of the molecule is NC(=O)C[n+]1ccn(-c2ncccn2)c1. The number of amides is 1. The maximum absolute atomic E-state index is 10.7.